The van der Waals surface area contributed by atoms with Gasteiger partial charge >= 0.3 is 0 Å². The molecule has 186 valence electrons. The molecule has 0 radical (unpaired) electrons. The van der Waals surface area contributed by atoms with Gasteiger partial charge in [0.15, 0.2) is 0 Å². The zero-order valence-corrected chi connectivity index (χ0v) is 20.8. The molecule has 1 aliphatic carbocycles. The molecule has 0 bridgehead atoms. The van der Waals surface area contributed by atoms with Crippen molar-refractivity contribution < 1.29 is 9.59 Å². The van der Waals surface area contributed by atoms with Crippen molar-refractivity contribution in [2.75, 3.05) is 26.2 Å². The number of hydrogen-bond donors (Lipinski definition) is 1. The minimum absolute atomic E-state index is 0.0506. The Hall–Kier alpha value is -2.66. The highest BCUT2D eigenvalue weighted by Gasteiger charge is 2.47. The van der Waals surface area contributed by atoms with Gasteiger partial charge < -0.3 is 15.1 Å². The zero-order valence-electron chi connectivity index (χ0n) is 20.8. The van der Waals surface area contributed by atoms with E-state index in [0.717, 1.165) is 71.2 Å². The maximum absolute atomic E-state index is 13.4. The fourth-order valence-electron chi connectivity index (χ4n) is 6.31. The minimum atomic E-state index is -0.166. The van der Waals surface area contributed by atoms with E-state index in [1.807, 2.05) is 24.3 Å². The summed E-state index contributed by atoms with van der Waals surface area (Å²) in [7, 11) is 0. The minimum Gasteiger partial charge on any atom is -0.349 e. The number of nitrogens with zero attached hydrogens (tertiary/aromatic N) is 2. The summed E-state index contributed by atoms with van der Waals surface area (Å²) in [5, 5.41) is 3.37. The van der Waals surface area contributed by atoms with Gasteiger partial charge in [0.05, 0.1) is 11.5 Å². The molecule has 35 heavy (non-hydrogen) atoms. The van der Waals surface area contributed by atoms with E-state index in [1.54, 1.807) is 0 Å². The number of likely N-dealkylation sites (tertiary alicyclic amines) is 2. The normalized spacial score (nSPS) is 21.5. The fraction of sp³-hybridized carbons (Fsp3) is 0.533. The van der Waals surface area contributed by atoms with Crippen LogP contribution in [0.1, 0.15) is 68.5 Å². The highest BCUT2D eigenvalue weighted by atomic mass is 16.2. The number of nitrogens with one attached hydrogen (secondary N) is 1. The molecular formula is C30H39N3O2. The number of amides is 2. The van der Waals surface area contributed by atoms with Gasteiger partial charge in [-0.3, -0.25) is 9.59 Å². The van der Waals surface area contributed by atoms with E-state index < -0.39 is 0 Å². The van der Waals surface area contributed by atoms with E-state index in [9.17, 15) is 9.59 Å². The molecule has 5 rings (SSSR count). The van der Waals surface area contributed by atoms with Crippen LogP contribution in [-0.2, 0) is 16.1 Å². The molecule has 1 spiro atoms. The Morgan fingerprint density at radius 1 is 0.914 bits per heavy atom. The molecule has 1 N–H and O–H groups in total. The first-order valence-corrected chi connectivity index (χ1v) is 13.5. The first kappa shape index (κ1) is 24.1. The van der Waals surface area contributed by atoms with Crippen molar-refractivity contribution in [2.45, 2.75) is 64.0 Å². The zero-order chi connectivity index (χ0) is 24.1. The van der Waals surface area contributed by atoms with Crippen LogP contribution < -0.4 is 5.32 Å². The monoisotopic (exact) mass is 473 g/mol. The van der Waals surface area contributed by atoms with Gasteiger partial charge in [-0.15, -0.1) is 0 Å². The van der Waals surface area contributed by atoms with E-state index in [1.165, 1.54) is 24.0 Å². The van der Waals surface area contributed by atoms with Crippen LogP contribution in [0.4, 0.5) is 0 Å². The summed E-state index contributed by atoms with van der Waals surface area (Å²) in [5.41, 5.74) is 2.23. The fourth-order valence-corrected chi connectivity index (χ4v) is 6.31. The lowest BCUT2D eigenvalue weighted by atomic mass is 9.77. The van der Waals surface area contributed by atoms with Crippen molar-refractivity contribution in [3.05, 3.63) is 71.8 Å². The molecule has 0 unspecified atom stereocenters. The molecule has 2 aromatic rings. The summed E-state index contributed by atoms with van der Waals surface area (Å²) in [4.78, 5) is 30.8. The predicted octanol–water partition coefficient (Wildman–Crippen LogP) is 4.94. The lowest BCUT2D eigenvalue weighted by Gasteiger charge is -2.38. The van der Waals surface area contributed by atoms with Crippen molar-refractivity contribution >= 4 is 11.8 Å². The SMILES string of the molecule is O=C(N[C@@H](CCN1CCC2(CC1)CCN(Cc1ccccc1)C2=O)c1ccccc1)C1CCCC1. The number of benzene rings is 2. The van der Waals surface area contributed by atoms with Crippen LogP contribution in [0.3, 0.4) is 0 Å². The molecule has 2 saturated heterocycles. The van der Waals surface area contributed by atoms with Crippen LogP contribution in [0, 0.1) is 11.3 Å². The van der Waals surface area contributed by atoms with Gasteiger partial charge in [0.2, 0.25) is 11.8 Å². The number of carbonyl (C=O) groups excluding carboxylic acids is 2. The van der Waals surface area contributed by atoms with E-state index >= 15 is 0 Å². The van der Waals surface area contributed by atoms with Crippen LogP contribution in [0.15, 0.2) is 60.7 Å². The van der Waals surface area contributed by atoms with Crippen LogP contribution in [0.5, 0.6) is 0 Å². The summed E-state index contributed by atoms with van der Waals surface area (Å²) >= 11 is 0. The van der Waals surface area contributed by atoms with Gasteiger partial charge in [-0.1, -0.05) is 73.5 Å². The highest BCUT2D eigenvalue weighted by molar-refractivity contribution is 5.85. The first-order chi connectivity index (χ1) is 17.1. The Bertz CT molecular complexity index is 979. The molecule has 3 aliphatic rings. The second kappa shape index (κ2) is 10.9. The van der Waals surface area contributed by atoms with Crippen molar-refractivity contribution in [1.82, 2.24) is 15.1 Å². The lowest BCUT2D eigenvalue weighted by Crippen LogP contribution is -2.45. The lowest BCUT2D eigenvalue weighted by molar-refractivity contribution is -0.139. The molecule has 0 aromatic heterocycles. The van der Waals surface area contributed by atoms with Crippen molar-refractivity contribution in [2.24, 2.45) is 11.3 Å². The Balaban J connectivity index is 1.15. The summed E-state index contributed by atoms with van der Waals surface area (Å²) in [6.45, 7) is 4.47. The summed E-state index contributed by atoms with van der Waals surface area (Å²) in [6.07, 6.45) is 8.17. The molecule has 5 nitrogen and oxygen atoms in total. The van der Waals surface area contributed by atoms with E-state index in [0.29, 0.717) is 5.91 Å². The first-order valence-electron chi connectivity index (χ1n) is 13.5. The average molecular weight is 474 g/mol. The topological polar surface area (TPSA) is 52.7 Å². The molecule has 2 aliphatic heterocycles. The van der Waals surface area contributed by atoms with Gasteiger partial charge in [0.25, 0.3) is 0 Å². The molecule has 5 heteroatoms. The number of piperidine rings is 1. The Morgan fingerprint density at radius 2 is 1.54 bits per heavy atom. The predicted molar refractivity (Wildman–Crippen MR) is 138 cm³/mol. The maximum Gasteiger partial charge on any atom is 0.229 e. The second-order valence-electron chi connectivity index (χ2n) is 10.8. The molecule has 2 amide bonds. The highest BCUT2D eigenvalue weighted by Crippen LogP contribution is 2.42. The molecule has 2 heterocycles. The molecule has 1 atom stereocenters. The quantitative estimate of drug-likeness (QED) is 0.591. The third kappa shape index (κ3) is 5.61. The van der Waals surface area contributed by atoms with Crippen LogP contribution in [0.25, 0.3) is 0 Å². The van der Waals surface area contributed by atoms with Crippen LogP contribution in [-0.4, -0.2) is 47.8 Å². The van der Waals surface area contributed by atoms with Crippen molar-refractivity contribution in [3.8, 4) is 0 Å². The van der Waals surface area contributed by atoms with Crippen molar-refractivity contribution in [3.63, 3.8) is 0 Å². The maximum atomic E-state index is 13.4. The largest absolute Gasteiger partial charge is 0.349 e. The second-order valence-corrected chi connectivity index (χ2v) is 10.8. The Kier molecular flexibility index (Phi) is 7.52. The van der Waals surface area contributed by atoms with Gasteiger partial charge in [0, 0.05) is 25.6 Å². The third-order valence-corrected chi connectivity index (χ3v) is 8.61. The summed E-state index contributed by atoms with van der Waals surface area (Å²) in [5.74, 6) is 0.763. The molecule has 1 saturated carbocycles. The standard InChI is InChI=1S/C30H39N3O2/c34-28(26-13-7-8-14-26)31-27(25-11-5-2-6-12-25)15-19-32-20-16-30(17-21-32)18-22-33(29(30)35)23-24-9-3-1-4-10-24/h1-6,9-12,26-27H,7-8,13-23H2,(H,31,34)/t27-/m0/s1. The van der Waals surface area contributed by atoms with Gasteiger partial charge in [0.1, 0.15) is 0 Å². The summed E-state index contributed by atoms with van der Waals surface area (Å²) < 4.78 is 0. The smallest absolute Gasteiger partial charge is 0.229 e. The van der Waals surface area contributed by atoms with Gasteiger partial charge in [-0.05, 0) is 62.7 Å². The molecular weight excluding hydrogens is 434 g/mol. The third-order valence-electron chi connectivity index (χ3n) is 8.61. The van der Waals surface area contributed by atoms with Crippen LogP contribution >= 0.6 is 0 Å². The van der Waals surface area contributed by atoms with Gasteiger partial charge in [-0.2, -0.15) is 0 Å². The summed E-state index contributed by atoms with van der Waals surface area (Å²) in [6, 6.07) is 20.8. The average Bonchev–Trinajstić information content (AvgIpc) is 3.54. The molecule has 3 fully saturated rings. The van der Waals surface area contributed by atoms with E-state index in [4.69, 9.17) is 0 Å². The van der Waals surface area contributed by atoms with Crippen molar-refractivity contribution in [1.29, 1.82) is 0 Å². The Labute approximate surface area is 209 Å². The van der Waals surface area contributed by atoms with E-state index in [-0.39, 0.29) is 23.3 Å². The molecule has 2 aromatic carbocycles. The Morgan fingerprint density at radius 3 is 2.23 bits per heavy atom. The van der Waals surface area contributed by atoms with Gasteiger partial charge in [-0.25, -0.2) is 0 Å². The van der Waals surface area contributed by atoms with E-state index in [2.05, 4.69) is 51.5 Å². The number of rotatable bonds is 8. The van der Waals surface area contributed by atoms with Crippen LogP contribution in [0.2, 0.25) is 0 Å². The number of carbonyl (C=O) groups is 2. The number of hydrogen-bond acceptors (Lipinski definition) is 3.